The highest BCUT2D eigenvalue weighted by Gasteiger charge is 2.22. The van der Waals surface area contributed by atoms with Gasteiger partial charge in [-0.25, -0.2) is 0 Å². The van der Waals surface area contributed by atoms with Gasteiger partial charge < -0.3 is 10.3 Å². The molecule has 0 radical (unpaired) electrons. The Balaban J connectivity index is 2.30. The number of rotatable bonds is 4. The number of hydrogen-bond acceptors (Lipinski definition) is 4. The van der Waals surface area contributed by atoms with Crippen LogP contribution in [-0.4, -0.2) is 20.8 Å². The van der Waals surface area contributed by atoms with E-state index < -0.39 is 0 Å². The Morgan fingerprint density at radius 2 is 2.11 bits per heavy atom. The van der Waals surface area contributed by atoms with E-state index in [1.165, 1.54) is 0 Å². The third-order valence-electron chi connectivity index (χ3n) is 2.59. The smallest absolute Gasteiger partial charge is 0.191 e. The van der Waals surface area contributed by atoms with Crippen molar-refractivity contribution in [2.45, 2.75) is 23.4 Å². The van der Waals surface area contributed by atoms with E-state index in [0.29, 0.717) is 0 Å². The first-order chi connectivity index (χ1) is 8.59. The van der Waals surface area contributed by atoms with Gasteiger partial charge in [0.25, 0.3) is 0 Å². The second-order valence-electron chi connectivity index (χ2n) is 4.14. The average Bonchev–Trinajstić information content (AvgIpc) is 2.73. The first kappa shape index (κ1) is 13.4. The number of benzene rings is 1. The van der Waals surface area contributed by atoms with Crippen molar-refractivity contribution in [2.24, 2.45) is 12.8 Å². The molecule has 2 N–H and O–H groups in total. The fourth-order valence-electron chi connectivity index (χ4n) is 1.65. The van der Waals surface area contributed by atoms with E-state index in [9.17, 15) is 0 Å². The molecule has 0 amide bonds. The number of aromatic nitrogens is 3. The van der Waals surface area contributed by atoms with E-state index in [-0.39, 0.29) is 11.3 Å². The lowest BCUT2D eigenvalue weighted by Crippen LogP contribution is -2.23. The molecule has 2 unspecified atom stereocenters. The fourth-order valence-corrected chi connectivity index (χ4v) is 3.05. The van der Waals surface area contributed by atoms with Crippen molar-refractivity contribution < 1.29 is 0 Å². The van der Waals surface area contributed by atoms with Crippen molar-refractivity contribution in [2.75, 3.05) is 0 Å². The summed E-state index contributed by atoms with van der Waals surface area (Å²) in [4.78, 5) is 0. The highest BCUT2D eigenvalue weighted by atomic mass is 35.5. The molecule has 0 aliphatic rings. The van der Waals surface area contributed by atoms with Gasteiger partial charge in [-0.05, 0) is 18.6 Å². The van der Waals surface area contributed by atoms with Crippen molar-refractivity contribution in [1.29, 1.82) is 0 Å². The molecule has 2 atom stereocenters. The molecule has 18 heavy (non-hydrogen) atoms. The van der Waals surface area contributed by atoms with E-state index in [1.54, 1.807) is 18.1 Å². The van der Waals surface area contributed by atoms with Crippen molar-refractivity contribution in [3.05, 3.63) is 41.2 Å². The minimum Gasteiger partial charge on any atom is -0.327 e. The summed E-state index contributed by atoms with van der Waals surface area (Å²) in [6, 6.07) is 7.72. The normalized spacial score (nSPS) is 14.4. The van der Waals surface area contributed by atoms with Gasteiger partial charge in [0, 0.05) is 18.1 Å². The zero-order chi connectivity index (χ0) is 13.1. The lowest BCUT2D eigenvalue weighted by Gasteiger charge is -2.21. The highest BCUT2D eigenvalue weighted by Crippen LogP contribution is 2.38. The van der Waals surface area contributed by atoms with E-state index in [1.807, 2.05) is 42.8 Å². The molecule has 0 saturated carbocycles. The SMILES string of the molecule is CC(N)C(Sc1nncn1C)c1ccccc1Cl. The molecule has 0 fully saturated rings. The van der Waals surface area contributed by atoms with E-state index in [2.05, 4.69) is 10.2 Å². The number of hydrogen-bond donors (Lipinski definition) is 1. The van der Waals surface area contributed by atoms with Gasteiger partial charge in [0.15, 0.2) is 5.16 Å². The minimum atomic E-state index is -0.0356. The van der Waals surface area contributed by atoms with Gasteiger partial charge in [0.2, 0.25) is 0 Å². The van der Waals surface area contributed by atoms with Gasteiger partial charge in [-0.3, -0.25) is 0 Å². The Bertz CT molecular complexity index is 526. The summed E-state index contributed by atoms with van der Waals surface area (Å²) in [7, 11) is 1.91. The summed E-state index contributed by atoms with van der Waals surface area (Å²) in [5.74, 6) is 0. The first-order valence-corrected chi connectivity index (χ1v) is 6.86. The van der Waals surface area contributed by atoms with Crippen LogP contribution in [0.2, 0.25) is 5.02 Å². The molecule has 1 aromatic heterocycles. The number of halogens is 1. The Morgan fingerprint density at radius 1 is 1.39 bits per heavy atom. The quantitative estimate of drug-likeness (QED) is 0.876. The van der Waals surface area contributed by atoms with Crippen LogP contribution in [0.5, 0.6) is 0 Å². The molecule has 2 aromatic rings. The monoisotopic (exact) mass is 282 g/mol. The van der Waals surface area contributed by atoms with E-state index in [0.717, 1.165) is 15.7 Å². The molecule has 1 heterocycles. The zero-order valence-electron chi connectivity index (χ0n) is 10.2. The summed E-state index contributed by atoms with van der Waals surface area (Å²) in [5.41, 5.74) is 7.10. The fraction of sp³-hybridized carbons (Fsp3) is 0.333. The number of nitrogens with zero attached hydrogens (tertiary/aromatic N) is 3. The topological polar surface area (TPSA) is 56.7 Å². The largest absolute Gasteiger partial charge is 0.327 e. The number of aryl methyl sites for hydroxylation is 1. The second-order valence-corrected chi connectivity index (χ2v) is 5.66. The first-order valence-electron chi connectivity index (χ1n) is 5.60. The average molecular weight is 283 g/mol. The number of nitrogens with two attached hydrogens (primary N) is 1. The van der Waals surface area contributed by atoms with Crippen LogP contribution in [0.15, 0.2) is 35.7 Å². The minimum absolute atomic E-state index is 0.0356. The maximum absolute atomic E-state index is 6.23. The lowest BCUT2D eigenvalue weighted by molar-refractivity contribution is 0.709. The summed E-state index contributed by atoms with van der Waals surface area (Å²) >= 11 is 7.81. The van der Waals surface area contributed by atoms with Crippen LogP contribution < -0.4 is 5.73 Å². The zero-order valence-corrected chi connectivity index (χ0v) is 11.8. The van der Waals surface area contributed by atoms with Crippen molar-refractivity contribution >= 4 is 23.4 Å². The molecule has 1 aromatic carbocycles. The molecule has 0 aliphatic heterocycles. The summed E-state index contributed by atoms with van der Waals surface area (Å²) in [5, 5.41) is 9.56. The Morgan fingerprint density at radius 3 is 2.67 bits per heavy atom. The molecule has 0 saturated heterocycles. The van der Waals surface area contributed by atoms with Crippen LogP contribution in [0.3, 0.4) is 0 Å². The molecule has 0 spiro atoms. The third kappa shape index (κ3) is 2.85. The molecule has 0 aliphatic carbocycles. The van der Waals surface area contributed by atoms with Crippen molar-refractivity contribution in [1.82, 2.24) is 14.8 Å². The van der Waals surface area contributed by atoms with Crippen LogP contribution in [-0.2, 0) is 7.05 Å². The molecule has 2 rings (SSSR count). The van der Waals surface area contributed by atoms with Crippen LogP contribution in [0.25, 0.3) is 0 Å². The summed E-state index contributed by atoms with van der Waals surface area (Å²) in [6.07, 6.45) is 1.67. The Labute approximate surface area is 116 Å². The summed E-state index contributed by atoms with van der Waals surface area (Å²) in [6.45, 7) is 1.97. The number of thioether (sulfide) groups is 1. The third-order valence-corrected chi connectivity index (χ3v) is 4.45. The molecule has 0 bridgehead atoms. The van der Waals surface area contributed by atoms with Gasteiger partial charge in [-0.15, -0.1) is 10.2 Å². The molecule has 96 valence electrons. The molecular weight excluding hydrogens is 268 g/mol. The molecule has 4 nitrogen and oxygen atoms in total. The standard InChI is InChI=1S/C12H15ClN4S/c1-8(14)11(9-5-3-4-6-10(9)13)18-12-16-15-7-17(12)2/h3-8,11H,14H2,1-2H3. The van der Waals surface area contributed by atoms with Gasteiger partial charge in [0.1, 0.15) is 6.33 Å². The van der Waals surface area contributed by atoms with Crippen molar-refractivity contribution in [3.8, 4) is 0 Å². The van der Waals surface area contributed by atoms with Gasteiger partial charge in [0.05, 0.1) is 5.25 Å². The van der Waals surface area contributed by atoms with Crippen LogP contribution >= 0.6 is 23.4 Å². The lowest BCUT2D eigenvalue weighted by atomic mass is 10.1. The Hall–Kier alpha value is -1.04. The van der Waals surface area contributed by atoms with Gasteiger partial charge >= 0.3 is 0 Å². The van der Waals surface area contributed by atoms with Crippen LogP contribution in [0.1, 0.15) is 17.7 Å². The highest BCUT2D eigenvalue weighted by molar-refractivity contribution is 7.99. The van der Waals surface area contributed by atoms with Crippen molar-refractivity contribution in [3.63, 3.8) is 0 Å². The summed E-state index contributed by atoms with van der Waals surface area (Å²) < 4.78 is 1.87. The molecule has 6 heteroatoms. The molecular formula is C12H15ClN4S. The van der Waals surface area contributed by atoms with E-state index in [4.69, 9.17) is 17.3 Å². The maximum atomic E-state index is 6.23. The van der Waals surface area contributed by atoms with Gasteiger partial charge in [-0.2, -0.15) is 0 Å². The predicted octanol–water partition coefficient (Wildman–Crippen LogP) is 2.65. The predicted molar refractivity (Wildman–Crippen MR) is 74.7 cm³/mol. The second kappa shape index (κ2) is 5.73. The van der Waals surface area contributed by atoms with Crippen LogP contribution in [0, 0.1) is 0 Å². The van der Waals surface area contributed by atoms with E-state index >= 15 is 0 Å². The Kier molecular flexibility index (Phi) is 4.27. The van der Waals surface area contributed by atoms with Gasteiger partial charge in [-0.1, -0.05) is 41.6 Å². The maximum Gasteiger partial charge on any atom is 0.191 e. The van der Waals surface area contributed by atoms with Crippen LogP contribution in [0.4, 0.5) is 0 Å².